The highest BCUT2D eigenvalue weighted by Gasteiger charge is 2.32. The Hall–Kier alpha value is -3.05. The molecule has 5 rings (SSSR count). The van der Waals surface area contributed by atoms with Crippen LogP contribution in [0.25, 0.3) is 21.1 Å². The second-order valence-corrected chi connectivity index (χ2v) is 8.14. The standard InChI is InChI=1S/C23H19N3OS/c27-22(25-16-11-12-19-15(14-16)6-5-13-24-19)17-7-1-2-8-18(17)23-26-20-9-3-4-10-21(20)28-23/h1-6,9-14,17-18H,7-8H2,(H,25,27). The molecule has 4 nitrogen and oxygen atoms in total. The summed E-state index contributed by atoms with van der Waals surface area (Å²) in [6.45, 7) is 0. The Morgan fingerprint density at radius 3 is 2.82 bits per heavy atom. The van der Waals surface area contributed by atoms with Crippen molar-refractivity contribution in [2.24, 2.45) is 5.92 Å². The number of carbonyl (C=O) groups is 1. The van der Waals surface area contributed by atoms with Crippen LogP contribution < -0.4 is 5.32 Å². The highest BCUT2D eigenvalue weighted by molar-refractivity contribution is 7.18. The second-order valence-electron chi connectivity index (χ2n) is 7.08. The van der Waals surface area contributed by atoms with Gasteiger partial charge in [0.05, 0.1) is 26.7 Å². The van der Waals surface area contributed by atoms with Crippen LogP contribution in [0.1, 0.15) is 23.8 Å². The van der Waals surface area contributed by atoms with E-state index in [4.69, 9.17) is 4.98 Å². The highest BCUT2D eigenvalue weighted by atomic mass is 32.1. The number of para-hydroxylation sites is 1. The molecule has 0 saturated carbocycles. The quantitative estimate of drug-likeness (QED) is 0.472. The Bertz CT molecular complexity index is 1160. The molecule has 2 heterocycles. The van der Waals surface area contributed by atoms with E-state index in [-0.39, 0.29) is 17.7 Å². The van der Waals surface area contributed by atoms with Crippen molar-refractivity contribution < 1.29 is 4.79 Å². The van der Waals surface area contributed by atoms with Gasteiger partial charge in [0.2, 0.25) is 5.91 Å². The van der Waals surface area contributed by atoms with E-state index >= 15 is 0 Å². The van der Waals surface area contributed by atoms with Gasteiger partial charge in [-0.05, 0) is 49.2 Å². The molecule has 1 N–H and O–H groups in total. The first-order valence-corrected chi connectivity index (χ1v) is 10.3. The van der Waals surface area contributed by atoms with Crippen molar-refractivity contribution in [2.75, 3.05) is 5.32 Å². The normalized spacial score (nSPS) is 19.1. The van der Waals surface area contributed by atoms with Crippen LogP contribution in [0.2, 0.25) is 0 Å². The Kier molecular flexibility index (Phi) is 4.37. The minimum atomic E-state index is -0.116. The number of nitrogens with one attached hydrogen (secondary N) is 1. The van der Waals surface area contributed by atoms with Crippen molar-refractivity contribution in [3.05, 3.63) is 78.0 Å². The minimum absolute atomic E-state index is 0.0526. The lowest BCUT2D eigenvalue weighted by Gasteiger charge is -2.26. The number of hydrogen-bond acceptors (Lipinski definition) is 4. The van der Waals surface area contributed by atoms with Crippen LogP contribution in [-0.2, 0) is 4.79 Å². The zero-order valence-electron chi connectivity index (χ0n) is 15.2. The molecule has 5 heteroatoms. The molecule has 2 aromatic heterocycles. The van der Waals surface area contributed by atoms with E-state index in [9.17, 15) is 4.79 Å². The van der Waals surface area contributed by atoms with Crippen LogP contribution in [0, 0.1) is 5.92 Å². The number of fused-ring (bicyclic) bond motifs is 2. The third-order valence-corrected chi connectivity index (χ3v) is 6.44. The van der Waals surface area contributed by atoms with Crippen molar-refractivity contribution in [2.45, 2.75) is 18.8 Å². The first kappa shape index (κ1) is 17.1. The maximum Gasteiger partial charge on any atom is 0.228 e. The lowest BCUT2D eigenvalue weighted by molar-refractivity contribution is -0.120. The van der Waals surface area contributed by atoms with Gasteiger partial charge in [-0.3, -0.25) is 9.78 Å². The van der Waals surface area contributed by atoms with Gasteiger partial charge in [-0.1, -0.05) is 30.4 Å². The van der Waals surface area contributed by atoms with Gasteiger partial charge < -0.3 is 5.32 Å². The smallest absolute Gasteiger partial charge is 0.228 e. The van der Waals surface area contributed by atoms with Crippen LogP contribution in [0.3, 0.4) is 0 Å². The number of rotatable bonds is 3. The molecule has 0 aliphatic heterocycles. The number of hydrogen-bond donors (Lipinski definition) is 1. The fourth-order valence-electron chi connectivity index (χ4n) is 3.81. The fourth-order valence-corrected chi connectivity index (χ4v) is 4.96. The van der Waals surface area contributed by atoms with Gasteiger partial charge in [0, 0.05) is 23.2 Å². The molecular formula is C23H19N3OS. The van der Waals surface area contributed by atoms with Crippen molar-refractivity contribution in [1.29, 1.82) is 0 Å². The summed E-state index contributed by atoms with van der Waals surface area (Å²) < 4.78 is 1.17. The molecule has 1 aliphatic rings. The first-order valence-electron chi connectivity index (χ1n) is 9.44. The molecule has 1 aliphatic carbocycles. The van der Waals surface area contributed by atoms with Crippen molar-refractivity contribution in [3.8, 4) is 0 Å². The van der Waals surface area contributed by atoms with Gasteiger partial charge in [-0.2, -0.15) is 0 Å². The molecule has 2 atom stereocenters. The number of carbonyl (C=O) groups excluding carboxylic acids is 1. The minimum Gasteiger partial charge on any atom is -0.326 e. The summed E-state index contributed by atoms with van der Waals surface area (Å²) in [5.74, 6) is 0.0523. The van der Waals surface area contributed by atoms with Crippen LogP contribution in [0.15, 0.2) is 72.9 Å². The topological polar surface area (TPSA) is 54.9 Å². The Morgan fingerprint density at radius 1 is 1.00 bits per heavy atom. The van der Waals surface area contributed by atoms with E-state index < -0.39 is 0 Å². The van der Waals surface area contributed by atoms with E-state index in [2.05, 4.69) is 28.5 Å². The molecule has 0 bridgehead atoms. The Morgan fingerprint density at radius 2 is 1.89 bits per heavy atom. The number of nitrogens with zero attached hydrogens (tertiary/aromatic N) is 2. The molecule has 28 heavy (non-hydrogen) atoms. The van der Waals surface area contributed by atoms with E-state index in [1.54, 1.807) is 17.5 Å². The third-order valence-electron chi connectivity index (χ3n) is 5.27. The third kappa shape index (κ3) is 3.18. The zero-order chi connectivity index (χ0) is 18.9. The molecule has 2 unspecified atom stereocenters. The van der Waals surface area contributed by atoms with Crippen molar-refractivity contribution in [1.82, 2.24) is 9.97 Å². The summed E-state index contributed by atoms with van der Waals surface area (Å²) in [5, 5.41) is 5.18. The van der Waals surface area contributed by atoms with Crippen molar-refractivity contribution in [3.63, 3.8) is 0 Å². The van der Waals surface area contributed by atoms with Gasteiger partial charge >= 0.3 is 0 Å². The molecule has 0 spiro atoms. The van der Waals surface area contributed by atoms with E-state index in [0.29, 0.717) is 0 Å². The SMILES string of the molecule is O=C(Nc1ccc2ncccc2c1)C1CC=CCC1c1nc2ccccc2s1. The van der Waals surface area contributed by atoms with Crippen LogP contribution in [0.5, 0.6) is 0 Å². The average Bonchev–Trinajstić information content (AvgIpc) is 3.18. The van der Waals surface area contributed by atoms with Crippen LogP contribution in [0.4, 0.5) is 5.69 Å². The highest BCUT2D eigenvalue weighted by Crippen LogP contribution is 2.39. The molecule has 138 valence electrons. The molecule has 0 saturated heterocycles. The molecule has 0 fully saturated rings. The predicted molar refractivity (Wildman–Crippen MR) is 115 cm³/mol. The van der Waals surface area contributed by atoms with Crippen molar-refractivity contribution >= 4 is 44.1 Å². The van der Waals surface area contributed by atoms with Gasteiger partial charge in [0.15, 0.2) is 0 Å². The number of aromatic nitrogens is 2. The average molecular weight is 385 g/mol. The Balaban J connectivity index is 1.42. The molecule has 1 amide bonds. The van der Waals surface area contributed by atoms with Gasteiger partial charge in [-0.15, -0.1) is 11.3 Å². The number of allylic oxidation sites excluding steroid dienone is 2. The monoisotopic (exact) mass is 385 g/mol. The largest absolute Gasteiger partial charge is 0.326 e. The number of thiazole rings is 1. The summed E-state index contributed by atoms with van der Waals surface area (Å²) in [7, 11) is 0. The second kappa shape index (κ2) is 7.17. The van der Waals surface area contributed by atoms with Crippen LogP contribution >= 0.6 is 11.3 Å². The fraction of sp³-hybridized carbons (Fsp3) is 0.174. The van der Waals surface area contributed by atoms with E-state index in [1.807, 2.05) is 48.5 Å². The van der Waals surface area contributed by atoms with E-state index in [1.165, 1.54) is 4.70 Å². The molecule has 4 aromatic rings. The van der Waals surface area contributed by atoms with E-state index in [0.717, 1.165) is 40.0 Å². The zero-order valence-corrected chi connectivity index (χ0v) is 16.0. The first-order chi connectivity index (χ1) is 13.8. The maximum atomic E-state index is 13.1. The lowest BCUT2D eigenvalue weighted by atomic mass is 9.82. The molecule has 0 radical (unpaired) electrons. The predicted octanol–water partition coefficient (Wildman–Crippen LogP) is 5.53. The molecular weight excluding hydrogens is 366 g/mol. The maximum absolute atomic E-state index is 13.1. The van der Waals surface area contributed by atoms with Gasteiger partial charge in [0.25, 0.3) is 0 Å². The van der Waals surface area contributed by atoms with Gasteiger partial charge in [0.1, 0.15) is 0 Å². The molecule has 2 aromatic carbocycles. The summed E-state index contributed by atoms with van der Waals surface area (Å²) in [6.07, 6.45) is 7.64. The van der Waals surface area contributed by atoms with Crippen LogP contribution in [-0.4, -0.2) is 15.9 Å². The number of anilines is 1. The summed E-state index contributed by atoms with van der Waals surface area (Å²) >= 11 is 1.70. The number of pyridine rings is 1. The number of benzene rings is 2. The number of amides is 1. The summed E-state index contributed by atoms with van der Waals surface area (Å²) in [5.41, 5.74) is 2.75. The summed E-state index contributed by atoms with van der Waals surface area (Å²) in [4.78, 5) is 22.3. The van der Waals surface area contributed by atoms with Gasteiger partial charge in [-0.25, -0.2) is 4.98 Å². The lowest BCUT2D eigenvalue weighted by Crippen LogP contribution is -2.29. The summed E-state index contributed by atoms with van der Waals surface area (Å²) in [6, 6.07) is 17.9. The Labute approximate surface area is 167 Å².